The van der Waals surface area contributed by atoms with Crippen molar-refractivity contribution in [3.63, 3.8) is 0 Å². The van der Waals surface area contributed by atoms with Crippen molar-refractivity contribution in [3.05, 3.63) is 50.6 Å². The number of nitrogens with one attached hydrogen (secondary N) is 2. The third-order valence-corrected chi connectivity index (χ3v) is 7.45. The van der Waals surface area contributed by atoms with Crippen LogP contribution in [-0.2, 0) is 47.6 Å². The number of hydrogen-bond donors (Lipinski definition) is 2. The van der Waals surface area contributed by atoms with Gasteiger partial charge in [-0.25, -0.2) is 28.8 Å². The first-order valence-corrected chi connectivity index (χ1v) is 15.3. The van der Waals surface area contributed by atoms with Crippen molar-refractivity contribution in [2.75, 3.05) is 46.2 Å². The van der Waals surface area contributed by atoms with Crippen LogP contribution in [0.2, 0.25) is 0 Å². The average molecular weight is 679 g/mol. The minimum absolute atomic E-state index is 0.203. The molecule has 2 atom stereocenters. The van der Waals surface area contributed by atoms with Gasteiger partial charge < -0.3 is 39.1 Å². The second kappa shape index (κ2) is 18.6. The molecule has 1 aliphatic carbocycles. The first kappa shape index (κ1) is 41.4. The van der Waals surface area contributed by atoms with Gasteiger partial charge >= 0.3 is 36.1 Å². The maximum Gasteiger partial charge on any atom is 0.407 e. The highest BCUT2D eigenvalue weighted by atomic mass is 16.6. The number of rotatable bonds is 19. The zero-order chi connectivity index (χ0) is 36.6. The Bertz CT molecular complexity index is 1180. The number of carbonyl (C=O) groups is 6. The normalized spacial score (nSPS) is 18.5. The Morgan fingerprint density at radius 3 is 1.35 bits per heavy atom. The number of alkyl carbamates (subject to hydrolysis) is 2. The molecule has 14 nitrogen and oxygen atoms in total. The first-order chi connectivity index (χ1) is 22.3. The average Bonchev–Trinajstić information content (AvgIpc) is 3.03. The SMILES string of the molecule is C=CC(=O)OCC(C)(COC(=O)C=C)COC(=O)NCC1(C)CC(NC(=O)OCC(C)(COC(=O)C=C)COC(=O)C=C)CC(C)(C)C1. The Hall–Kier alpha value is -4.62. The first-order valence-electron chi connectivity index (χ1n) is 15.3. The fraction of sp³-hybridized carbons (Fsp3) is 0.588. The molecule has 1 rings (SSSR count). The number of ether oxygens (including phenoxy) is 6. The minimum Gasteiger partial charge on any atom is -0.462 e. The van der Waals surface area contributed by atoms with E-state index in [1.165, 1.54) is 0 Å². The lowest BCUT2D eigenvalue weighted by Gasteiger charge is -2.46. The predicted octanol–water partition coefficient (Wildman–Crippen LogP) is 3.95. The molecule has 14 heteroatoms. The highest BCUT2D eigenvalue weighted by Gasteiger charge is 2.42. The van der Waals surface area contributed by atoms with Gasteiger partial charge in [0.2, 0.25) is 0 Å². The van der Waals surface area contributed by atoms with Gasteiger partial charge in [-0.1, -0.05) is 47.1 Å². The molecule has 48 heavy (non-hydrogen) atoms. The van der Waals surface area contributed by atoms with E-state index in [4.69, 9.17) is 28.4 Å². The van der Waals surface area contributed by atoms with Gasteiger partial charge in [0.1, 0.15) is 39.6 Å². The summed E-state index contributed by atoms with van der Waals surface area (Å²) in [4.78, 5) is 72.1. The summed E-state index contributed by atoms with van der Waals surface area (Å²) in [5, 5.41) is 5.67. The fourth-order valence-electron chi connectivity index (χ4n) is 5.36. The molecule has 0 aromatic rings. The van der Waals surface area contributed by atoms with Crippen molar-refractivity contribution in [1.29, 1.82) is 0 Å². The Morgan fingerprint density at radius 1 is 0.625 bits per heavy atom. The van der Waals surface area contributed by atoms with E-state index in [1.54, 1.807) is 13.8 Å². The zero-order valence-corrected chi connectivity index (χ0v) is 28.7. The maximum atomic E-state index is 12.9. The molecule has 0 aromatic carbocycles. The second-order valence-electron chi connectivity index (χ2n) is 13.8. The van der Waals surface area contributed by atoms with Crippen molar-refractivity contribution in [3.8, 4) is 0 Å². The molecule has 2 unspecified atom stereocenters. The molecule has 0 aliphatic heterocycles. The topological polar surface area (TPSA) is 182 Å². The maximum absolute atomic E-state index is 12.9. The molecule has 1 aliphatic rings. The highest BCUT2D eigenvalue weighted by Crippen LogP contribution is 2.45. The van der Waals surface area contributed by atoms with Gasteiger partial charge in [-0.05, 0) is 43.9 Å². The molecule has 2 N–H and O–H groups in total. The van der Waals surface area contributed by atoms with Gasteiger partial charge in [0.15, 0.2) is 0 Å². The summed E-state index contributed by atoms with van der Waals surface area (Å²) in [6.07, 6.45) is 4.39. The van der Waals surface area contributed by atoms with Gasteiger partial charge in [0.05, 0.1) is 10.8 Å². The lowest BCUT2D eigenvalue weighted by atomic mass is 9.62. The van der Waals surface area contributed by atoms with Crippen LogP contribution >= 0.6 is 0 Å². The van der Waals surface area contributed by atoms with E-state index in [0.717, 1.165) is 30.7 Å². The van der Waals surface area contributed by atoms with Crippen LogP contribution in [-0.4, -0.2) is 88.3 Å². The zero-order valence-electron chi connectivity index (χ0n) is 28.7. The lowest BCUT2D eigenvalue weighted by Crippen LogP contribution is -2.51. The van der Waals surface area contributed by atoms with Crippen molar-refractivity contribution in [2.45, 2.75) is 59.9 Å². The smallest absolute Gasteiger partial charge is 0.407 e. The molecule has 0 spiro atoms. The van der Waals surface area contributed by atoms with Crippen molar-refractivity contribution < 1.29 is 57.2 Å². The third-order valence-electron chi connectivity index (χ3n) is 7.45. The van der Waals surface area contributed by atoms with Crippen LogP contribution in [0.1, 0.15) is 53.9 Å². The van der Waals surface area contributed by atoms with E-state index in [-0.39, 0.29) is 57.6 Å². The standard InChI is InChI=1S/C34H50N2O12/c1-10-25(37)43-18-33(8,19-44-26(38)11-2)22-47-29(41)35-17-32(7)15-24(14-31(5,6)16-32)36-30(42)48-23-34(9,20-45-27(39)12-3)21-46-28(40)13-4/h10-13,24H,1-4,14-23H2,5-9H3,(H,35,41)(H,36,42). The largest absolute Gasteiger partial charge is 0.462 e. The van der Waals surface area contributed by atoms with Crippen molar-refractivity contribution >= 4 is 36.1 Å². The minimum atomic E-state index is -1.05. The van der Waals surface area contributed by atoms with Crippen molar-refractivity contribution in [2.24, 2.45) is 21.7 Å². The summed E-state index contributed by atoms with van der Waals surface area (Å²) >= 11 is 0. The van der Waals surface area contributed by atoms with E-state index >= 15 is 0 Å². The Labute approximate surface area is 282 Å². The summed E-state index contributed by atoms with van der Waals surface area (Å²) in [6, 6.07) is -0.310. The van der Waals surface area contributed by atoms with E-state index < -0.39 is 52.3 Å². The molecule has 0 bridgehead atoms. The number of esters is 4. The van der Waals surface area contributed by atoms with Gasteiger partial charge in [-0.15, -0.1) is 0 Å². The summed E-state index contributed by atoms with van der Waals surface area (Å²) in [6.45, 7) is 21.7. The van der Waals surface area contributed by atoms with Crippen LogP contribution in [0, 0.1) is 21.7 Å². The number of carbonyl (C=O) groups excluding carboxylic acids is 6. The Morgan fingerprint density at radius 2 is 0.979 bits per heavy atom. The van der Waals surface area contributed by atoms with Gasteiger partial charge in [0, 0.05) is 36.9 Å². The molecular weight excluding hydrogens is 628 g/mol. The third kappa shape index (κ3) is 15.8. The van der Waals surface area contributed by atoms with Crippen LogP contribution in [0.25, 0.3) is 0 Å². The Kier molecular flexibility index (Phi) is 16.1. The molecule has 0 radical (unpaired) electrons. The van der Waals surface area contributed by atoms with E-state index in [1.807, 2.05) is 6.92 Å². The quantitative estimate of drug-likeness (QED) is 0.114. The van der Waals surface area contributed by atoms with Crippen LogP contribution in [0.5, 0.6) is 0 Å². The van der Waals surface area contributed by atoms with Crippen LogP contribution < -0.4 is 10.6 Å². The highest BCUT2D eigenvalue weighted by molar-refractivity contribution is 5.82. The molecule has 0 saturated heterocycles. The number of hydrogen-bond acceptors (Lipinski definition) is 12. The predicted molar refractivity (Wildman–Crippen MR) is 174 cm³/mol. The summed E-state index contributed by atoms with van der Waals surface area (Å²) in [7, 11) is 0. The van der Waals surface area contributed by atoms with E-state index in [0.29, 0.717) is 12.8 Å². The van der Waals surface area contributed by atoms with Gasteiger partial charge in [-0.2, -0.15) is 0 Å². The molecule has 2 amide bonds. The number of amides is 2. The van der Waals surface area contributed by atoms with Crippen molar-refractivity contribution in [1.82, 2.24) is 10.6 Å². The van der Waals surface area contributed by atoms with Crippen LogP contribution in [0.4, 0.5) is 9.59 Å². The molecule has 1 saturated carbocycles. The second-order valence-corrected chi connectivity index (χ2v) is 13.8. The van der Waals surface area contributed by atoms with Gasteiger partial charge in [0.25, 0.3) is 0 Å². The summed E-state index contributed by atoms with van der Waals surface area (Å²) < 4.78 is 31.3. The monoisotopic (exact) mass is 678 g/mol. The molecule has 0 aromatic heterocycles. The van der Waals surface area contributed by atoms with E-state index in [2.05, 4.69) is 50.8 Å². The van der Waals surface area contributed by atoms with E-state index in [9.17, 15) is 28.8 Å². The summed E-state index contributed by atoms with van der Waals surface area (Å²) in [5.74, 6) is -2.73. The molecular formula is C34H50N2O12. The van der Waals surface area contributed by atoms with Gasteiger partial charge in [-0.3, -0.25) is 0 Å². The molecule has 1 fully saturated rings. The van der Waals surface area contributed by atoms with Crippen LogP contribution in [0.15, 0.2) is 50.6 Å². The fourth-order valence-corrected chi connectivity index (χ4v) is 5.36. The molecule has 268 valence electrons. The molecule has 0 heterocycles. The summed E-state index contributed by atoms with van der Waals surface area (Å²) in [5.41, 5.74) is -2.76. The van der Waals surface area contributed by atoms with Crippen LogP contribution in [0.3, 0.4) is 0 Å². The Balaban J connectivity index is 2.82. The lowest BCUT2D eigenvalue weighted by molar-refractivity contribution is -0.150.